The summed E-state index contributed by atoms with van der Waals surface area (Å²) in [6, 6.07) is 7.36. The minimum atomic E-state index is 0.132. The molecule has 1 aromatic rings. The topological polar surface area (TPSA) is 44.7 Å². The maximum Gasteiger partial charge on any atom is 0.119 e. The van der Waals surface area contributed by atoms with E-state index in [1.54, 1.807) is 7.11 Å². The minimum Gasteiger partial charge on any atom is -0.497 e. The molecule has 0 aromatic heterocycles. The molecule has 2 bridgehead atoms. The number of hydrogen-bond acceptors (Lipinski definition) is 4. The lowest BCUT2D eigenvalue weighted by molar-refractivity contribution is 0.0298. The zero-order valence-corrected chi connectivity index (χ0v) is 14.5. The molecule has 0 amide bonds. The fraction of sp³-hybridized carbons (Fsp3) is 0.600. The molecule has 1 saturated carbocycles. The highest BCUT2D eigenvalue weighted by atomic mass is 16.5. The number of hydrogen-bond donors (Lipinski definition) is 2. The molecule has 2 N–H and O–H groups in total. The Hall–Kier alpha value is -1.52. The minimum absolute atomic E-state index is 0.132. The van der Waals surface area contributed by atoms with Crippen LogP contribution in [0.5, 0.6) is 5.75 Å². The average Bonchev–Trinajstić information content (AvgIpc) is 3.17. The number of nitrogens with zero attached hydrogens (tertiary/aromatic N) is 1. The number of anilines is 1. The summed E-state index contributed by atoms with van der Waals surface area (Å²) in [6.45, 7) is 4.65. The summed E-state index contributed by atoms with van der Waals surface area (Å²) in [5.41, 5.74) is 4.32. The third-order valence-corrected chi connectivity index (χ3v) is 7.31. The summed E-state index contributed by atoms with van der Waals surface area (Å²) >= 11 is 0. The second kappa shape index (κ2) is 4.99. The highest BCUT2D eigenvalue weighted by Gasteiger charge is 2.65. The summed E-state index contributed by atoms with van der Waals surface area (Å²) in [5, 5.41) is 14.1. The van der Waals surface area contributed by atoms with E-state index < -0.39 is 0 Å². The largest absolute Gasteiger partial charge is 0.497 e. The fourth-order valence-electron chi connectivity index (χ4n) is 6.28. The zero-order chi connectivity index (χ0) is 16.5. The van der Waals surface area contributed by atoms with E-state index in [0.29, 0.717) is 23.9 Å². The molecule has 3 fully saturated rings. The number of fused-ring (bicyclic) bond motifs is 2. The van der Waals surface area contributed by atoms with Gasteiger partial charge in [-0.2, -0.15) is 0 Å². The Kier molecular flexibility index (Phi) is 3.08. The summed E-state index contributed by atoms with van der Waals surface area (Å²) < 4.78 is 5.51. The Morgan fingerprint density at radius 1 is 1.46 bits per heavy atom. The van der Waals surface area contributed by atoms with Crippen molar-refractivity contribution in [3.05, 3.63) is 35.4 Å². The average molecular weight is 326 g/mol. The van der Waals surface area contributed by atoms with Crippen LogP contribution in [0.3, 0.4) is 0 Å². The second-order valence-corrected chi connectivity index (χ2v) is 7.86. The lowest BCUT2D eigenvalue weighted by Crippen LogP contribution is -2.62. The molecule has 0 radical (unpaired) electrons. The number of rotatable bonds is 2. The molecular formula is C20H26N2O2. The zero-order valence-electron chi connectivity index (χ0n) is 14.5. The molecule has 5 atom stereocenters. The van der Waals surface area contributed by atoms with E-state index in [1.165, 1.54) is 29.7 Å². The van der Waals surface area contributed by atoms with Gasteiger partial charge in [0.05, 0.1) is 7.11 Å². The SMILES string of the molecule is C/C=C1/CN2CCC34c5cc(OC)ccc5N[C@H]3[C@H](CO)[C@H]1C[C@H]24. The summed E-state index contributed by atoms with van der Waals surface area (Å²) in [5.74, 6) is 1.75. The van der Waals surface area contributed by atoms with Crippen LogP contribution in [0.2, 0.25) is 0 Å². The van der Waals surface area contributed by atoms with Gasteiger partial charge in [-0.05, 0) is 56.0 Å². The molecule has 128 valence electrons. The predicted octanol–water partition coefficient (Wildman–Crippen LogP) is 2.39. The Morgan fingerprint density at radius 3 is 3.08 bits per heavy atom. The lowest BCUT2D eigenvalue weighted by atomic mass is 9.56. The van der Waals surface area contributed by atoms with Crippen LogP contribution in [0.4, 0.5) is 5.69 Å². The van der Waals surface area contributed by atoms with Crippen LogP contribution in [0, 0.1) is 11.8 Å². The molecule has 4 heteroatoms. The van der Waals surface area contributed by atoms with E-state index in [9.17, 15) is 5.11 Å². The molecule has 24 heavy (non-hydrogen) atoms. The highest BCUT2D eigenvalue weighted by molar-refractivity contribution is 5.66. The van der Waals surface area contributed by atoms with Crippen LogP contribution < -0.4 is 10.1 Å². The molecule has 1 aromatic carbocycles. The van der Waals surface area contributed by atoms with E-state index >= 15 is 0 Å². The molecule has 1 aliphatic carbocycles. The first-order valence-corrected chi connectivity index (χ1v) is 9.18. The van der Waals surface area contributed by atoms with Gasteiger partial charge in [-0.3, -0.25) is 4.90 Å². The van der Waals surface area contributed by atoms with Gasteiger partial charge in [0, 0.05) is 42.3 Å². The van der Waals surface area contributed by atoms with E-state index in [-0.39, 0.29) is 12.0 Å². The molecule has 1 unspecified atom stereocenters. The second-order valence-electron chi connectivity index (χ2n) is 7.86. The first kappa shape index (κ1) is 14.8. The van der Waals surface area contributed by atoms with Crippen molar-refractivity contribution in [2.24, 2.45) is 11.8 Å². The van der Waals surface area contributed by atoms with E-state index in [0.717, 1.165) is 18.8 Å². The van der Waals surface area contributed by atoms with Gasteiger partial charge in [0.1, 0.15) is 5.75 Å². The molecule has 4 nitrogen and oxygen atoms in total. The van der Waals surface area contributed by atoms with Gasteiger partial charge < -0.3 is 15.2 Å². The molecule has 4 aliphatic rings. The van der Waals surface area contributed by atoms with Gasteiger partial charge in [-0.15, -0.1) is 0 Å². The smallest absolute Gasteiger partial charge is 0.119 e. The van der Waals surface area contributed by atoms with Crippen molar-refractivity contribution in [2.75, 3.05) is 32.1 Å². The third-order valence-electron chi connectivity index (χ3n) is 7.31. The highest BCUT2D eigenvalue weighted by Crippen LogP contribution is 2.61. The number of allylic oxidation sites excluding steroid dienone is 1. The predicted molar refractivity (Wildman–Crippen MR) is 94.5 cm³/mol. The van der Waals surface area contributed by atoms with Crippen molar-refractivity contribution in [3.8, 4) is 5.75 Å². The standard InChI is InChI=1S/C20H26N2O2/c1-3-12-10-22-7-6-20-16-8-13(24-2)4-5-17(16)21-19(20)15(11-23)14(12)9-18(20)22/h3-5,8,14-15,18-19,21,23H,6-7,9-11H2,1-2H3/b12-3-/t14-,15+,18-,19-,20?/m0/s1. The van der Waals surface area contributed by atoms with Crippen LogP contribution in [0.15, 0.2) is 29.8 Å². The number of aliphatic hydroxyl groups is 1. The van der Waals surface area contributed by atoms with Crippen LogP contribution in [-0.2, 0) is 5.41 Å². The number of ether oxygens (including phenoxy) is 1. The Bertz CT molecular complexity index is 716. The molecule has 3 aliphatic heterocycles. The van der Waals surface area contributed by atoms with Crippen LogP contribution >= 0.6 is 0 Å². The lowest BCUT2D eigenvalue weighted by Gasteiger charge is -2.54. The molecule has 5 rings (SSSR count). The van der Waals surface area contributed by atoms with Crippen molar-refractivity contribution in [2.45, 2.75) is 37.3 Å². The quantitative estimate of drug-likeness (QED) is 0.819. The fourth-order valence-corrected chi connectivity index (χ4v) is 6.28. The number of benzene rings is 1. The van der Waals surface area contributed by atoms with Gasteiger partial charge >= 0.3 is 0 Å². The van der Waals surface area contributed by atoms with Gasteiger partial charge in [-0.1, -0.05) is 11.6 Å². The normalized spacial score (nSPS) is 41.0. The van der Waals surface area contributed by atoms with Crippen LogP contribution in [-0.4, -0.2) is 48.9 Å². The Balaban J connectivity index is 1.69. The van der Waals surface area contributed by atoms with Crippen molar-refractivity contribution < 1.29 is 9.84 Å². The maximum absolute atomic E-state index is 10.3. The Labute approximate surface area is 143 Å². The first-order chi connectivity index (χ1) is 11.7. The van der Waals surface area contributed by atoms with Crippen molar-refractivity contribution in [1.82, 2.24) is 4.90 Å². The van der Waals surface area contributed by atoms with Crippen LogP contribution in [0.1, 0.15) is 25.3 Å². The van der Waals surface area contributed by atoms with Crippen molar-refractivity contribution in [1.29, 1.82) is 0 Å². The van der Waals surface area contributed by atoms with Gasteiger partial charge in [0.2, 0.25) is 0 Å². The van der Waals surface area contributed by atoms with Crippen molar-refractivity contribution in [3.63, 3.8) is 0 Å². The first-order valence-electron chi connectivity index (χ1n) is 9.18. The molecular weight excluding hydrogens is 300 g/mol. The van der Waals surface area contributed by atoms with Gasteiger partial charge in [0.25, 0.3) is 0 Å². The number of nitrogens with one attached hydrogen (secondary N) is 1. The van der Waals surface area contributed by atoms with Gasteiger partial charge in [0.15, 0.2) is 0 Å². The van der Waals surface area contributed by atoms with Gasteiger partial charge in [-0.25, -0.2) is 0 Å². The Morgan fingerprint density at radius 2 is 2.33 bits per heavy atom. The maximum atomic E-state index is 10.3. The summed E-state index contributed by atoms with van der Waals surface area (Å²) in [6.07, 6.45) is 4.65. The van der Waals surface area contributed by atoms with E-state index in [4.69, 9.17) is 4.74 Å². The molecule has 2 saturated heterocycles. The molecule has 1 spiro atoms. The monoisotopic (exact) mass is 326 g/mol. The van der Waals surface area contributed by atoms with E-state index in [1.807, 2.05) is 6.07 Å². The van der Waals surface area contributed by atoms with Crippen molar-refractivity contribution >= 4 is 5.69 Å². The number of methoxy groups -OCH3 is 1. The third kappa shape index (κ3) is 1.61. The van der Waals surface area contributed by atoms with Crippen LogP contribution in [0.25, 0.3) is 0 Å². The van der Waals surface area contributed by atoms with E-state index in [2.05, 4.69) is 35.3 Å². The summed E-state index contributed by atoms with van der Waals surface area (Å²) in [7, 11) is 1.74. The molecule has 3 heterocycles. The number of piperidine rings is 1. The summed E-state index contributed by atoms with van der Waals surface area (Å²) in [4.78, 5) is 2.68. The number of aliphatic hydroxyl groups excluding tert-OH is 1.